The van der Waals surface area contributed by atoms with Gasteiger partial charge in [0.2, 0.25) is 0 Å². The van der Waals surface area contributed by atoms with Crippen LogP contribution >= 0.6 is 0 Å². The number of fused-ring (bicyclic) bond motifs is 1. The number of ketones is 1. The second-order valence-electron chi connectivity index (χ2n) is 8.94. The molecule has 1 aliphatic heterocycles. The van der Waals surface area contributed by atoms with Gasteiger partial charge in [-0.05, 0) is 44.7 Å². The summed E-state index contributed by atoms with van der Waals surface area (Å²) in [4.78, 5) is 39.8. The van der Waals surface area contributed by atoms with Crippen LogP contribution in [-0.4, -0.2) is 62.6 Å². The van der Waals surface area contributed by atoms with Gasteiger partial charge in [0.15, 0.2) is 0 Å². The van der Waals surface area contributed by atoms with Crippen LogP contribution in [-0.2, 0) is 9.59 Å². The van der Waals surface area contributed by atoms with Crippen molar-refractivity contribution in [3.8, 4) is 0 Å². The number of carbonyl (C=O) groups is 2. The fourth-order valence-electron chi connectivity index (χ4n) is 3.73. The minimum Gasteiger partial charge on any atom is -0.368 e. The fraction of sp³-hybridized carbons (Fsp3) is 0.290. The molecule has 1 aromatic carbocycles. The number of halogens is 1. The first-order valence-corrected chi connectivity index (χ1v) is 13.3. The van der Waals surface area contributed by atoms with E-state index in [0.717, 1.165) is 33.9 Å². The number of aromatic amines is 1. The SMILES string of the molecule is C=C(c1ccccc1)N1CCN(C(=O)C(=O)C(/C=C(/C)F)=C/NC=C(C)C)CC1.CC.c1cc2nc[nH]c2cn1. The molecular weight excluding hydrogens is 507 g/mol. The van der Waals surface area contributed by atoms with Gasteiger partial charge in [-0.1, -0.05) is 56.3 Å². The number of nitrogens with one attached hydrogen (secondary N) is 2. The monoisotopic (exact) mass is 546 g/mol. The van der Waals surface area contributed by atoms with Gasteiger partial charge in [-0.15, -0.1) is 0 Å². The third-order valence-corrected chi connectivity index (χ3v) is 5.70. The zero-order valence-corrected chi connectivity index (χ0v) is 23.9. The smallest absolute Gasteiger partial charge is 0.295 e. The molecule has 212 valence electrons. The Kier molecular flexibility index (Phi) is 13.0. The van der Waals surface area contributed by atoms with Crippen molar-refractivity contribution in [1.29, 1.82) is 0 Å². The number of rotatable bonds is 7. The van der Waals surface area contributed by atoms with Crippen molar-refractivity contribution in [2.75, 3.05) is 26.2 Å². The number of carbonyl (C=O) groups excluding carboxylic acids is 2. The van der Waals surface area contributed by atoms with Gasteiger partial charge in [0, 0.05) is 49.8 Å². The maximum absolute atomic E-state index is 13.4. The van der Waals surface area contributed by atoms with E-state index >= 15 is 0 Å². The molecule has 2 N–H and O–H groups in total. The van der Waals surface area contributed by atoms with Crippen LogP contribution in [0.3, 0.4) is 0 Å². The number of benzene rings is 1. The van der Waals surface area contributed by atoms with E-state index in [4.69, 9.17) is 0 Å². The summed E-state index contributed by atoms with van der Waals surface area (Å²) >= 11 is 0. The van der Waals surface area contributed by atoms with Crippen LogP contribution < -0.4 is 5.32 Å². The number of imidazole rings is 1. The zero-order chi connectivity index (χ0) is 29.5. The van der Waals surface area contributed by atoms with E-state index in [0.29, 0.717) is 26.2 Å². The Hall–Kier alpha value is -4.53. The van der Waals surface area contributed by atoms with Gasteiger partial charge in [-0.2, -0.15) is 0 Å². The van der Waals surface area contributed by atoms with Crippen molar-refractivity contribution < 1.29 is 14.0 Å². The Labute approximate surface area is 236 Å². The molecule has 9 heteroatoms. The summed E-state index contributed by atoms with van der Waals surface area (Å²) < 4.78 is 13.4. The minimum absolute atomic E-state index is 0.0105. The predicted molar refractivity (Wildman–Crippen MR) is 159 cm³/mol. The molecule has 1 aliphatic rings. The van der Waals surface area contributed by atoms with Gasteiger partial charge in [0.1, 0.15) is 0 Å². The minimum atomic E-state index is -0.730. The van der Waals surface area contributed by atoms with E-state index in [-0.39, 0.29) is 5.57 Å². The molecular formula is C31H39FN6O2. The lowest BCUT2D eigenvalue weighted by molar-refractivity contribution is -0.143. The normalized spacial score (nSPS) is 13.3. The van der Waals surface area contributed by atoms with Crippen LogP contribution in [0.4, 0.5) is 4.39 Å². The fourth-order valence-corrected chi connectivity index (χ4v) is 3.73. The van der Waals surface area contributed by atoms with E-state index < -0.39 is 17.5 Å². The predicted octanol–water partition coefficient (Wildman–Crippen LogP) is 5.63. The third kappa shape index (κ3) is 9.65. The van der Waals surface area contributed by atoms with E-state index in [9.17, 15) is 14.0 Å². The van der Waals surface area contributed by atoms with Gasteiger partial charge >= 0.3 is 0 Å². The number of piperazine rings is 1. The standard InChI is InChI=1S/C23H28FN3O2.C6H5N3.C2H6/c1-17(2)15-25-16-21(14-18(3)24)22(28)23(29)27-12-10-26(11-13-27)19(4)20-8-6-5-7-9-20;1-2-7-3-6-5(1)8-4-9-6;1-2/h5-9,14-16,25H,4,10-13H2,1-3H3;1-4H,(H,8,9);1-2H3/b18-14-,21-16+;;. The largest absolute Gasteiger partial charge is 0.368 e. The van der Waals surface area contributed by atoms with Gasteiger partial charge in [-0.25, -0.2) is 9.37 Å². The maximum Gasteiger partial charge on any atom is 0.295 e. The molecule has 0 aliphatic carbocycles. The summed E-state index contributed by atoms with van der Waals surface area (Å²) in [6.07, 6.45) is 9.23. The van der Waals surface area contributed by atoms with Gasteiger partial charge in [0.25, 0.3) is 11.7 Å². The first-order chi connectivity index (χ1) is 19.3. The van der Waals surface area contributed by atoms with Crippen molar-refractivity contribution in [1.82, 2.24) is 30.1 Å². The Morgan fingerprint density at radius 3 is 2.25 bits per heavy atom. The number of nitrogens with zero attached hydrogens (tertiary/aromatic N) is 4. The van der Waals surface area contributed by atoms with Crippen LogP contribution in [0.2, 0.25) is 0 Å². The number of amides is 1. The lowest BCUT2D eigenvalue weighted by atomic mass is 10.1. The van der Waals surface area contributed by atoms with Gasteiger partial charge in [0.05, 0.1) is 29.4 Å². The topological polar surface area (TPSA) is 94.2 Å². The number of Topliss-reactive ketones (excluding diaryl/α,β-unsaturated/α-hetero) is 1. The molecule has 0 radical (unpaired) electrons. The van der Waals surface area contributed by atoms with Crippen LogP contribution in [0.15, 0.2) is 97.1 Å². The number of H-pyrrole nitrogens is 1. The number of hydrogen-bond acceptors (Lipinski definition) is 6. The molecule has 0 saturated carbocycles. The molecule has 2 aromatic heterocycles. The Morgan fingerprint density at radius 2 is 1.65 bits per heavy atom. The van der Waals surface area contributed by atoms with E-state index in [1.807, 2.05) is 64.1 Å². The Balaban J connectivity index is 0.000000420. The van der Waals surface area contributed by atoms with E-state index in [1.54, 1.807) is 24.9 Å². The maximum atomic E-state index is 13.4. The summed E-state index contributed by atoms with van der Waals surface area (Å²) in [5.74, 6) is -1.90. The molecule has 1 fully saturated rings. The summed E-state index contributed by atoms with van der Waals surface area (Å²) in [6.45, 7) is 15.1. The first kappa shape index (κ1) is 31.7. The highest BCUT2D eigenvalue weighted by Gasteiger charge is 2.28. The summed E-state index contributed by atoms with van der Waals surface area (Å²) in [5.41, 5.74) is 4.84. The van der Waals surface area contributed by atoms with Crippen molar-refractivity contribution in [2.24, 2.45) is 0 Å². The Morgan fingerprint density at radius 1 is 1.00 bits per heavy atom. The molecule has 1 amide bonds. The van der Waals surface area contributed by atoms with Crippen molar-refractivity contribution in [3.05, 3.63) is 103 Å². The van der Waals surface area contributed by atoms with Crippen LogP contribution in [0.1, 0.15) is 40.2 Å². The first-order valence-electron chi connectivity index (χ1n) is 13.3. The average Bonchev–Trinajstić information content (AvgIpc) is 3.46. The molecule has 0 unspecified atom stereocenters. The highest BCUT2D eigenvalue weighted by atomic mass is 19.1. The number of allylic oxidation sites excluding steroid dienone is 3. The second kappa shape index (κ2) is 16.4. The van der Waals surface area contributed by atoms with Gasteiger partial charge < -0.3 is 20.1 Å². The zero-order valence-electron chi connectivity index (χ0n) is 23.9. The highest BCUT2D eigenvalue weighted by Crippen LogP contribution is 2.19. The summed E-state index contributed by atoms with van der Waals surface area (Å²) in [7, 11) is 0. The van der Waals surface area contributed by atoms with E-state index in [2.05, 4.69) is 31.7 Å². The van der Waals surface area contributed by atoms with Crippen LogP contribution in [0, 0.1) is 0 Å². The lowest BCUT2D eigenvalue weighted by Gasteiger charge is -2.36. The van der Waals surface area contributed by atoms with Crippen molar-refractivity contribution in [2.45, 2.75) is 34.6 Å². The molecule has 3 aromatic rings. The molecule has 40 heavy (non-hydrogen) atoms. The highest BCUT2D eigenvalue weighted by molar-refractivity contribution is 6.43. The van der Waals surface area contributed by atoms with Crippen LogP contribution in [0.25, 0.3) is 16.7 Å². The van der Waals surface area contributed by atoms with E-state index in [1.165, 1.54) is 18.0 Å². The molecule has 8 nitrogen and oxygen atoms in total. The second-order valence-corrected chi connectivity index (χ2v) is 8.94. The quantitative estimate of drug-likeness (QED) is 0.227. The summed E-state index contributed by atoms with van der Waals surface area (Å²) in [6, 6.07) is 11.7. The van der Waals surface area contributed by atoms with Gasteiger partial charge in [-0.3, -0.25) is 14.6 Å². The number of pyridine rings is 1. The molecule has 4 rings (SSSR count). The molecule has 1 saturated heterocycles. The molecule has 0 atom stereocenters. The molecule has 0 bridgehead atoms. The van der Waals surface area contributed by atoms with Crippen molar-refractivity contribution in [3.63, 3.8) is 0 Å². The molecule has 3 heterocycles. The lowest BCUT2D eigenvalue weighted by Crippen LogP contribution is -2.50. The Bertz CT molecular complexity index is 1310. The van der Waals surface area contributed by atoms with Crippen LogP contribution in [0.5, 0.6) is 0 Å². The average molecular weight is 547 g/mol. The molecule has 0 spiro atoms. The number of aromatic nitrogens is 3. The third-order valence-electron chi connectivity index (χ3n) is 5.70. The summed E-state index contributed by atoms with van der Waals surface area (Å²) in [5, 5.41) is 2.82. The number of hydrogen-bond donors (Lipinski definition) is 2. The van der Waals surface area contributed by atoms with Crippen molar-refractivity contribution >= 4 is 28.4 Å².